The van der Waals surface area contributed by atoms with Gasteiger partial charge in [-0.15, -0.1) is 0 Å². The van der Waals surface area contributed by atoms with Crippen LogP contribution in [0.1, 0.15) is 24.8 Å². The number of rotatable bonds is 2. The van der Waals surface area contributed by atoms with Gasteiger partial charge in [-0.05, 0) is 31.0 Å². The molecule has 0 radical (unpaired) electrons. The number of nitrogens with one attached hydrogen (secondary N) is 1. The fourth-order valence-electron chi connectivity index (χ4n) is 3.00. The van der Waals surface area contributed by atoms with Crippen LogP contribution in [0.2, 0.25) is 0 Å². The van der Waals surface area contributed by atoms with Crippen LogP contribution in [0.25, 0.3) is 0 Å². The number of hydrogen-bond acceptors (Lipinski definition) is 1. The van der Waals surface area contributed by atoms with Crippen molar-refractivity contribution >= 4 is 11.7 Å². The maximum atomic E-state index is 12.4. The molecule has 0 aliphatic carbocycles. The van der Waals surface area contributed by atoms with Crippen molar-refractivity contribution in [1.82, 2.24) is 4.90 Å². The highest BCUT2D eigenvalue weighted by Crippen LogP contribution is 2.31. The third kappa shape index (κ3) is 3.07. The van der Waals surface area contributed by atoms with Crippen molar-refractivity contribution in [3.8, 4) is 0 Å². The van der Waals surface area contributed by atoms with Crippen molar-refractivity contribution in [3.05, 3.63) is 66.2 Å². The molecule has 1 aliphatic rings. The summed E-state index contributed by atoms with van der Waals surface area (Å²) >= 11 is 0. The number of amides is 2. The molecule has 2 aromatic carbocycles. The molecule has 3 heteroatoms. The van der Waals surface area contributed by atoms with Gasteiger partial charge >= 0.3 is 6.03 Å². The van der Waals surface area contributed by atoms with E-state index < -0.39 is 0 Å². The molecule has 2 atom stereocenters. The Balaban J connectivity index is 1.68. The Bertz CT molecular complexity index is 597. The minimum atomic E-state index is -0.00729. The van der Waals surface area contributed by atoms with Gasteiger partial charge in [-0.3, -0.25) is 0 Å². The second kappa shape index (κ2) is 6.00. The molecule has 0 spiro atoms. The van der Waals surface area contributed by atoms with Gasteiger partial charge in [0.1, 0.15) is 0 Å². The van der Waals surface area contributed by atoms with Crippen LogP contribution in [0.4, 0.5) is 10.5 Å². The summed E-state index contributed by atoms with van der Waals surface area (Å²) in [6.07, 6.45) is 1.02. The summed E-state index contributed by atoms with van der Waals surface area (Å²) < 4.78 is 0. The first-order chi connectivity index (χ1) is 10.2. The summed E-state index contributed by atoms with van der Waals surface area (Å²) in [6.45, 7) is 2.90. The van der Waals surface area contributed by atoms with Crippen molar-refractivity contribution in [1.29, 1.82) is 0 Å². The number of benzene rings is 2. The van der Waals surface area contributed by atoms with Crippen molar-refractivity contribution in [2.45, 2.75) is 25.3 Å². The lowest BCUT2D eigenvalue weighted by Gasteiger charge is -2.22. The highest BCUT2D eigenvalue weighted by atomic mass is 16.2. The number of anilines is 1. The molecule has 1 fully saturated rings. The topological polar surface area (TPSA) is 32.3 Å². The summed E-state index contributed by atoms with van der Waals surface area (Å²) in [5.74, 6) is 0.433. The van der Waals surface area contributed by atoms with Gasteiger partial charge in [0.25, 0.3) is 0 Å². The van der Waals surface area contributed by atoms with E-state index in [1.807, 2.05) is 41.3 Å². The van der Waals surface area contributed by atoms with E-state index in [0.29, 0.717) is 5.92 Å². The molecule has 1 aliphatic heterocycles. The molecular formula is C18H20N2O. The van der Waals surface area contributed by atoms with E-state index in [1.54, 1.807) is 0 Å². The Hall–Kier alpha value is -2.29. The number of likely N-dealkylation sites (tertiary alicyclic amines) is 1. The monoisotopic (exact) mass is 280 g/mol. The molecule has 2 amide bonds. The van der Waals surface area contributed by atoms with Crippen molar-refractivity contribution in [2.24, 2.45) is 0 Å². The van der Waals surface area contributed by atoms with Gasteiger partial charge in [0, 0.05) is 24.2 Å². The first-order valence-electron chi connectivity index (χ1n) is 7.41. The molecule has 108 valence electrons. The predicted molar refractivity (Wildman–Crippen MR) is 85.4 cm³/mol. The molecule has 1 saturated heterocycles. The van der Waals surface area contributed by atoms with E-state index in [0.717, 1.165) is 18.7 Å². The maximum Gasteiger partial charge on any atom is 0.322 e. The first-order valence-corrected chi connectivity index (χ1v) is 7.41. The Kier molecular flexibility index (Phi) is 3.91. The molecule has 3 rings (SSSR count). The number of nitrogens with zero attached hydrogens (tertiary/aromatic N) is 1. The molecule has 0 bridgehead atoms. The van der Waals surface area contributed by atoms with Crippen molar-refractivity contribution in [3.63, 3.8) is 0 Å². The van der Waals surface area contributed by atoms with Crippen molar-refractivity contribution in [2.75, 3.05) is 11.9 Å². The van der Waals surface area contributed by atoms with Crippen LogP contribution in [-0.4, -0.2) is 23.5 Å². The number of carbonyl (C=O) groups is 1. The quantitative estimate of drug-likeness (QED) is 0.882. The highest BCUT2D eigenvalue weighted by Gasteiger charge is 2.33. The largest absolute Gasteiger partial charge is 0.322 e. The molecule has 2 aromatic rings. The number of carbonyl (C=O) groups excluding carboxylic acids is 1. The number of para-hydroxylation sites is 1. The van der Waals surface area contributed by atoms with Crippen LogP contribution >= 0.6 is 0 Å². The smallest absolute Gasteiger partial charge is 0.321 e. The molecule has 0 aromatic heterocycles. The Morgan fingerprint density at radius 3 is 2.33 bits per heavy atom. The lowest BCUT2D eigenvalue weighted by molar-refractivity contribution is 0.209. The van der Waals surface area contributed by atoms with Gasteiger partial charge < -0.3 is 10.2 Å². The first kappa shape index (κ1) is 13.7. The van der Waals surface area contributed by atoms with Gasteiger partial charge in [0.15, 0.2) is 0 Å². The summed E-state index contributed by atoms with van der Waals surface area (Å²) in [4.78, 5) is 14.4. The summed E-state index contributed by atoms with van der Waals surface area (Å²) in [5, 5.41) is 2.97. The second-order valence-corrected chi connectivity index (χ2v) is 5.64. The van der Waals surface area contributed by atoms with E-state index >= 15 is 0 Å². The summed E-state index contributed by atoms with van der Waals surface area (Å²) in [5.41, 5.74) is 2.16. The van der Waals surface area contributed by atoms with Crippen LogP contribution in [0.3, 0.4) is 0 Å². The fraction of sp³-hybridized carbons (Fsp3) is 0.278. The molecular weight excluding hydrogens is 260 g/mol. The van der Waals surface area contributed by atoms with Gasteiger partial charge in [0.05, 0.1) is 0 Å². The standard InChI is InChI=1S/C18H20N2O/c1-14-12-16(15-8-4-2-5-9-15)13-20(14)18(21)19-17-10-6-3-7-11-17/h2-11,14,16H,12-13H2,1H3,(H,19,21)/t14-,16+/m1/s1. The van der Waals surface area contributed by atoms with E-state index in [2.05, 4.69) is 36.5 Å². The molecule has 0 unspecified atom stereocenters. The molecule has 1 heterocycles. The highest BCUT2D eigenvalue weighted by molar-refractivity contribution is 5.89. The van der Waals surface area contributed by atoms with Crippen LogP contribution in [-0.2, 0) is 0 Å². The zero-order valence-corrected chi connectivity index (χ0v) is 12.2. The zero-order chi connectivity index (χ0) is 14.7. The minimum absolute atomic E-state index is 0.00729. The minimum Gasteiger partial charge on any atom is -0.321 e. The van der Waals surface area contributed by atoms with Crippen LogP contribution in [0, 0.1) is 0 Å². The van der Waals surface area contributed by atoms with Gasteiger partial charge in [0.2, 0.25) is 0 Å². The van der Waals surface area contributed by atoms with Gasteiger partial charge in [-0.2, -0.15) is 0 Å². The second-order valence-electron chi connectivity index (χ2n) is 5.64. The third-order valence-corrected chi connectivity index (χ3v) is 4.13. The molecule has 21 heavy (non-hydrogen) atoms. The lowest BCUT2D eigenvalue weighted by atomic mass is 9.97. The third-order valence-electron chi connectivity index (χ3n) is 4.13. The number of urea groups is 1. The van der Waals surface area contributed by atoms with Crippen LogP contribution < -0.4 is 5.32 Å². The Labute approximate surface area is 125 Å². The van der Waals surface area contributed by atoms with E-state index in [9.17, 15) is 4.79 Å². The lowest BCUT2D eigenvalue weighted by Crippen LogP contribution is -2.37. The fourth-order valence-corrected chi connectivity index (χ4v) is 3.00. The SMILES string of the molecule is C[C@@H]1C[C@H](c2ccccc2)CN1C(=O)Nc1ccccc1. The Morgan fingerprint density at radius 1 is 1.05 bits per heavy atom. The Morgan fingerprint density at radius 2 is 1.67 bits per heavy atom. The molecule has 0 saturated carbocycles. The maximum absolute atomic E-state index is 12.4. The van der Waals surface area contributed by atoms with E-state index in [-0.39, 0.29) is 12.1 Å². The predicted octanol–water partition coefficient (Wildman–Crippen LogP) is 4.10. The normalized spacial score (nSPS) is 21.3. The summed E-state index contributed by atoms with van der Waals surface area (Å²) in [6, 6.07) is 20.3. The summed E-state index contributed by atoms with van der Waals surface area (Å²) in [7, 11) is 0. The van der Waals surface area contributed by atoms with Gasteiger partial charge in [-0.1, -0.05) is 48.5 Å². The van der Waals surface area contributed by atoms with Crippen LogP contribution in [0.15, 0.2) is 60.7 Å². The average molecular weight is 280 g/mol. The number of hydrogen-bond donors (Lipinski definition) is 1. The molecule has 3 nitrogen and oxygen atoms in total. The van der Waals surface area contributed by atoms with Crippen molar-refractivity contribution < 1.29 is 4.79 Å². The van der Waals surface area contributed by atoms with E-state index in [4.69, 9.17) is 0 Å². The average Bonchev–Trinajstić information content (AvgIpc) is 2.91. The zero-order valence-electron chi connectivity index (χ0n) is 12.2. The van der Waals surface area contributed by atoms with Crippen LogP contribution in [0.5, 0.6) is 0 Å². The molecule has 1 N–H and O–H groups in total. The van der Waals surface area contributed by atoms with E-state index in [1.165, 1.54) is 5.56 Å². The van der Waals surface area contributed by atoms with Gasteiger partial charge in [-0.25, -0.2) is 4.79 Å².